The molecule has 3 heterocycles. The quantitative estimate of drug-likeness (QED) is 0.688. The summed E-state index contributed by atoms with van der Waals surface area (Å²) in [7, 11) is 0. The van der Waals surface area contributed by atoms with Crippen LogP contribution in [0.25, 0.3) is 5.65 Å². The average Bonchev–Trinajstić information content (AvgIpc) is 3.11. The fourth-order valence-corrected chi connectivity index (χ4v) is 2.29. The molecule has 0 fully saturated rings. The van der Waals surface area contributed by atoms with Gasteiger partial charge in [0.05, 0.1) is 0 Å². The van der Waals surface area contributed by atoms with Crippen LogP contribution in [0.2, 0.25) is 0 Å². The van der Waals surface area contributed by atoms with Crippen molar-refractivity contribution in [1.82, 2.24) is 29.7 Å². The first-order chi connectivity index (χ1) is 10.7. The van der Waals surface area contributed by atoms with Gasteiger partial charge in [-0.3, -0.25) is 13.9 Å². The first-order valence-corrected chi connectivity index (χ1v) is 7.28. The van der Waals surface area contributed by atoms with E-state index in [1.54, 1.807) is 10.9 Å². The maximum Gasteiger partial charge on any atom is 0.241 e. The Bertz CT molecular complexity index is 775. The zero-order valence-electron chi connectivity index (χ0n) is 12.4. The van der Waals surface area contributed by atoms with Gasteiger partial charge in [0.25, 0.3) is 0 Å². The van der Waals surface area contributed by atoms with Crippen molar-refractivity contribution in [1.29, 1.82) is 0 Å². The summed E-state index contributed by atoms with van der Waals surface area (Å²) in [5.74, 6) is 0.880. The van der Waals surface area contributed by atoms with Gasteiger partial charge in [0.1, 0.15) is 12.4 Å². The van der Waals surface area contributed by atoms with Crippen LogP contribution < -0.4 is 5.32 Å². The van der Waals surface area contributed by atoms with Gasteiger partial charge in [-0.15, -0.1) is 10.2 Å². The zero-order chi connectivity index (χ0) is 15.4. The number of amides is 1. The molecule has 0 aliphatic rings. The second-order valence-electron chi connectivity index (χ2n) is 5.13. The Morgan fingerprint density at radius 2 is 2.18 bits per heavy atom. The van der Waals surface area contributed by atoms with Gasteiger partial charge in [0.15, 0.2) is 5.65 Å². The number of hydrogen-bond acceptors (Lipinski definition) is 4. The van der Waals surface area contributed by atoms with Crippen molar-refractivity contribution in [2.45, 2.75) is 26.3 Å². The van der Waals surface area contributed by atoms with Crippen molar-refractivity contribution in [2.24, 2.45) is 0 Å². The largest absolute Gasteiger partial charge is 0.354 e. The van der Waals surface area contributed by atoms with Crippen LogP contribution in [0, 0.1) is 6.92 Å². The summed E-state index contributed by atoms with van der Waals surface area (Å²) < 4.78 is 3.65. The lowest BCUT2D eigenvalue weighted by atomic mass is 10.3. The summed E-state index contributed by atoms with van der Waals surface area (Å²) in [5, 5.41) is 15.3. The van der Waals surface area contributed by atoms with Crippen LogP contribution in [0.4, 0.5) is 0 Å². The number of carbonyl (C=O) groups excluding carboxylic acids is 1. The average molecular weight is 298 g/mol. The van der Waals surface area contributed by atoms with Gasteiger partial charge >= 0.3 is 0 Å². The molecule has 0 atom stereocenters. The highest BCUT2D eigenvalue weighted by Crippen LogP contribution is 2.04. The lowest BCUT2D eigenvalue weighted by Gasteiger charge is -2.06. The molecule has 0 spiro atoms. The normalized spacial score (nSPS) is 11.0. The Balaban J connectivity index is 1.45. The van der Waals surface area contributed by atoms with E-state index in [1.807, 2.05) is 41.8 Å². The molecule has 22 heavy (non-hydrogen) atoms. The van der Waals surface area contributed by atoms with Crippen LogP contribution in [-0.4, -0.2) is 36.8 Å². The Hall–Kier alpha value is -2.70. The van der Waals surface area contributed by atoms with E-state index in [-0.39, 0.29) is 12.5 Å². The standard InChI is InChI=1S/C15H18N6O/c1-12-7-9-17-21(12)11-15(22)16-8-4-6-14-19-18-13-5-2-3-10-20(13)14/h2-3,5,7,9-10H,4,6,8,11H2,1H3,(H,16,22). The molecule has 3 rings (SSSR count). The molecular formula is C15H18N6O. The van der Waals surface area contributed by atoms with Crippen molar-refractivity contribution in [3.05, 3.63) is 48.2 Å². The van der Waals surface area contributed by atoms with Gasteiger partial charge in [-0.1, -0.05) is 6.07 Å². The van der Waals surface area contributed by atoms with E-state index in [0.29, 0.717) is 6.54 Å². The number of nitrogens with one attached hydrogen (secondary N) is 1. The molecule has 0 aromatic carbocycles. The minimum absolute atomic E-state index is 0.0297. The van der Waals surface area contributed by atoms with Gasteiger partial charge in [-0.05, 0) is 31.5 Å². The first kappa shape index (κ1) is 14.2. The SMILES string of the molecule is Cc1ccnn1CC(=O)NCCCc1nnc2ccccn12. The van der Waals surface area contributed by atoms with Gasteiger partial charge in [0, 0.05) is 31.1 Å². The summed E-state index contributed by atoms with van der Waals surface area (Å²) in [5.41, 5.74) is 1.82. The fraction of sp³-hybridized carbons (Fsp3) is 0.333. The molecule has 7 nitrogen and oxygen atoms in total. The Morgan fingerprint density at radius 3 is 3.00 bits per heavy atom. The summed E-state index contributed by atoms with van der Waals surface area (Å²) >= 11 is 0. The second-order valence-corrected chi connectivity index (χ2v) is 5.13. The Kier molecular flexibility index (Phi) is 4.13. The number of fused-ring (bicyclic) bond motifs is 1. The molecule has 0 aliphatic carbocycles. The van der Waals surface area contributed by atoms with E-state index in [4.69, 9.17) is 0 Å². The maximum absolute atomic E-state index is 11.8. The fourth-order valence-electron chi connectivity index (χ4n) is 2.29. The van der Waals surface area contributed by atoms with E-state index in [1.165, 1.54) is 0 Å². The Morgan fingerprint density at radius 1 is 1.27 bits per heavy atom. The van der Waals surface area contributed by atoms with Crippen molar-refractivity contribution in [3.8, 4) is 0 Å². The van der Waals surface area contributed by atoms with E-state index in [2.05, 4.69) is 20.6 Å². The molecule has 0 bridgehead atoms. The van der Waals surface area contributed by atoms with Gasteiger partial charge in [-0.25, -0.2) is 0 Å². The number of nitrogens with zero attached hydrogens (tertiary/aromatic N) is 5. The third kappa shape index (κ3) is 3.13. The van der Waals surface area contributed by atoms with Crippen molar-refractivity contribution < 1.29 is 4.79 Å². The van der Waals surface area contributed by atoms with Crippen LogP contribution in [0.3, 0.4) is 0 Å². The highest BCUT2D eigenvalue weighted by atomic mass is 16.2. The molecule has 1 N–H and O–H groups in total. The third-order valence-electron chi connectivity index (χ3n) is 3.51. The molecule has 0 unspecified atom stereocenters. The smallest absolute Gasteiger partial charge is 0.241 e. The number of pyridine rings is 1. The predicted octanol–water partition coefficient (Wildman–Crippen LogP) is 0.983. The van der Waals surface area contributed by atoms with Gasteiger partial charge in [0.2, 0.25) is 5.91 Å². The van der Waals surface area contributed by atoms with Crippen LogP contribution in [0.5, 0.6) is 0 Å². The van der Waals surface area contributed by atoms with Gasteiger partial charge in [-0.2, -0.15) is 5.10 Å². The Labute approximate surface area is 128 Å². The number of carbonyl (C=O) groups is 1. The third-order valence-corrected chi connectivity index (χ3v) is 3.51. The van der Waals surface area contributed by atoms with E-state index >= 15 is 0 Å². The first-order valence-electron chi connectivity index (χ1n) is 7.28. The van der Waals surface area contributed by atoms with Crippen molar-refractivity contribution >= 4 is 11.6 Å². The van der Waals surface area contributed by atoms with E-state index in [9.17, 15) is 4.79 Å². The summed E-state index contributed by atoms with van der Waals surface area (Å²) in [6, 6.07) is 7.69. The molecule has 1 amide bonds. The van der Waals surface area contributed by atoms with Crippen molar-refractivity contribution in [2.75, 3.05) is 6.54 Å². The molecule has 0 aliphatic heterocycles. The minimum atomic E-state index is -0.0297. The molecule has 0 saturated carbocycles. The topological polar surface area (TPSA) is 77.1 Å². The summed E-state index contributed by atoms with van der Waals surface area (Å²) in [6.07, 6.45) is 5.23. The highest BCUT2D eigenvalue weighted by molar-refractivity contribution is 5.75. The molecule has 3 aromatic heterocycles. The monoisotopic (exact) mass is 298 g/mol. The molecule has 0 radical (unpaired) electrons. The number of aryl methyl sites for hydroxylation is 2. The van der Waals surface area contributed by atoms with Crippen LogP contribution in [0.15, 0.2) is 36.7 Å². The molecule has 0 saturated heterocycles. The van der Waals surface area contributed by atoms with E-state index < -0.39 is 0 Å². The number of aromatic nitrogens is 5. The summed E-state index contributed by atoms with van der Waals surface area (Å²) in [4.78, 5) is 11.8. The molecule has 3 aromatic rings. The zero-order valence-corrected chi connectivity index (χ0v) is 12.4. The summed E-state index contributed by atoms with van der Waals surface area (Å²) in [6.45, 7) is 2.80. The van der Waals surface area contributed by atoms with E-state index in [0.717, 1.165) is 30.0 Å². The minimum Gasteiger partial charge on any atom is -0.354 e. The highest BCUT2D eigenvalue weighted by Gasteiger charge is 2.06. The predicted molar refractivity (Wildman–Crippen MR) is 81.3 cm³/mol. The maximum atomic E-state index is 11.8. The molecule has 114 valence electrons. The lowest BCUT2D eigenvalue weighted by Crippen LogP contribution is -2.29. The number of hydrogen-bond donors (Lipinski definition) is 1. The van der Waals surface area contributed by atoms with Crippen LogP contribution in [-0.2, 0) is 17.8 Å². The van der Waals surface area contributed by atoms with Crippen molar-refractivity contribution in [3.63, 3.8) is 0 Å². The van der Waals surface area contributed by atoms with Crippen LogP contribution >= 0.6 is 0 Å². The second kappa shape index (κ2) is 6.38. The van der Waals surface area contributed by atoms with Gasteiger partial charge < -0.3 is 5.32 Å². The molecular weight excluding hydrogens is 280 g/mol. The molecule has 7 heteroatoms. The van der Waals surface area contributed by atoms with Crippen LogP contribution in [0.1, 0.15) is 17.9 Å². The number of rotatable bonds is 6. The lowest BCUT2D eigenvalue weighted by molar-refractivity contribution is -0.121.